The van der Waals surface area contributed by atoms with Gasteiger partial charge in [-0.25, -0.2) is 4.79 Å². The van der Waals surface area contributed by atoms with Crippen LogP contribution >= 0.6 is 0 Å². The molecule has 26 heavy (non-hydrogen) atoms. The summed E-state index contributed by atoms with van der Waals surface area (Å²) in [5.41, 5.74) is 1.01. The van der Waals surface area contributed by atoms with E-state index < -0.39 is 18.1 Å². The van der Waals surface area contributed by atoms with Crippen molar-refractivity contribution >= 4 is 12.0 Å². The van der Waals surface area contributed by atoms with Crippen LogP contribution in [0.2, 0.25) is 0 Å². The maximum absolute atomic E-state index is 12.1. The molecule has 0 spiro atoms. The number of aliphatic hydroxyl groups excluding tert-OH is 1. The number of furan rings is 1. The van der Waals surface area contributed by atoms with Gasteiger partial charge in [-0.15, -0.1) is 0 Å². The van der Waals surface area contributed by atoms with Crippen molar-refractivity contribution in [3.8, 4) is 0 Å². The first-order valence-corrected chi connectivity index (χ1v) is 8.48. The standard InChI is InChI=1S/C19H24N2O5/c1-13-7-9-17(26-13)16(22)12-20-19(25)21-15(8-10-18(23)24)11-14-5-3-2-4-6-14/h2-7,9,15-16,22H,8,10-12H2,1H3,(H,23,24)(H2,20,21,25). The fraction of sp³-hybridized carbons (Fsp3) is 0.368. The van der Waals surface area contributed by atoms with Gasteiger partial charge in [0.05, 0.1) is 6.54 Å². The van der Waals surface area contributed by atoms with Crippen LogP contribution in [-0.4, -0.2) is 34.8 Å². The molecule has 2 amide bonds. The molecule has 0 aliphatic rings. The predicted molar refractivity (Wildman–Crippen MR) is 95.7 cm³/mol. The average molecular weight is 360 g/mol. The molecule has 1 aromatic carbocycles. The number of aliphatic hydroxyl groups is 1. The quantitative estimate of drug-likeness (QED) is 0.549. The molecule has 7 nitrogen and oxygen atoms in total. The number of carbonyl (C=O) groups is 2. The van der Waals surface area contributed by atoms with Gasteiger partial charge in [-0.3, -0.25) is 4.79 Å². The van der Waals surface area contributed by atoms with Crippen LogP contribution in [0.5, 0.6) is 0 Å². The maximum Gasteiger partial charge on any atom is 0.315 e. The van der Waals surface area contributed by atoms with Gasteiger partial charge < -0.3 is 25.3 Å². The largest absolute Gasteiger partial charge is 0.481 e. The Hall–Kier alpha value is -2.80. The number of carboxylic acids is 1. The molecule has 2 unspecified atom stereocenters. The molecule has 2 rings (SSSR count). The average Bonchev–Trinajstić information content (AvgIpc) is 3.05. The number of hydrogen-bond donors (Lipinski definition) is 4. The lowest BCUT2D eigenvalue weighted by Crippen LogP contribution is -2.44. The molecule has 7 heteroatoms. The van der Waals surface area contributed by atoms with Crippen LogP contribution in [0.3, 0.4) is 0 Å². The number of hydrogen-bond acceptors (Lipinski definition) is 4. The van der Waals surface area contributed by atoms with Gasteiger partial charge in [0, 0.05) is 12.5 Å². The van der Waals surface area contributed by atoms with Gasteiger partial charge in [0.2, 0.25) is 0 Å². The minimum absolute atomic E-state index is 0.00419. The molecule has 140 valence electrons. The van der Waals surface area contributed by atoms with Gasteiger partial charge in [0.1, 0.15) is 17.6 Å². The summed E-state index contributed by atoms with van der Waals surface area (Å²) >= 11 is 0. The number of urea groups is 1. The number of aliphatic carboxylic acids is 1. The third kappa shape index (κ3) is 6.60. The van der Waals surface area contributed by atoms with Crippen molar-refractivity contribution in [3.05, 3.63) is 59.5 Å². The summed E-state index contributed by atoms with van der Waals surface area (Å²) in [6.07, 6.45) is -0.133. The van der Waals surface area contributed by atoms with E-state index in [9.17, 15) is 14.7 Å². The first-order chi connectivity index (χ1) is 12.4. The Morgan fingerprint density at radius 2 is 1.88 bits per heavy atom. The number of benzene rings is 1. The third-order valence-corrected chi connectivity index (χ3v) is 3.91. The van der Waals surface area contributed by atoms with Gasteiger partial charge in [-0.1, -0.05) is 30.3 Å². The van der Waals surface area contributed by atoms with E-state index in [1.165, 1.54) is 0 Å². The molecule has 0 bridgehead atoms. The first-order valence-electron chi connectivity index (χ1n) is 8.48. The van der Waals surface area contributed by atoms with Crippen LogP contribution < -0.4 is 10.6 Å². The van der Waals surface area contributed by atoms with E-state index in [1.54, 1.807) is 19.1 Å². The van der Waals surface area contributed by atoms with Gasteiger partial charge in [-0.05, 0) is 37.5 Å². The van der Waals surface area contributed by atoms with E-state index in [1.807, 2.05) is 30.3 Å². The predicted octanol–water partition coefficient (Wildman–Crippen LogP) is 2.40. The summed E-state index contributed by atoms with van der Waals surface area (Å²) in [6.45, 7) is 1.77. The Labute approximate surface area is 152 Å². The van der Waals surface area contributed by atoms with Gasteiger partial charge in [0.15, 0.2) is 0 Å². The number of carboxylic acid groups (broad SMARTS) is 1. The highest BCUT2D eigenvalue weighted by Gasteiger charge is 2.17. The zero-order valence-electron chi connectivity index (χ0n) is 14.6. The second-order valence-electron chi connectivity index (χ2n) is 6.14. The van der Waals surface area contributed by atoms with E-state index in [0.29, 0.717) is 24.4 Å². The summed E-state index contributed by atoms with van der Waals surface area (Å²) in [4.78, 5) is 23.0. The second kappa shape index (κ2) is 9.62. The third-order valence-electron chi connectivity index (χ3n) is 3.91. The molecule has 2 atom stereocenters. The van der Waals surface area contributed by atoms with Crippen molar-refractivity contribution in [3.63, 3.8) is 0 Å². The number of amides is 2. The smallest absolute Gasteiger partial charge is 0.315 e. The fourth-order valence-electron chi connectivity index (χ4n) is 2.58. The van der Waals surface area contributed by atoms with Crippen LogP contribution in [0.25, 0.3) is 0 Å². The lowest BCUT2D eigenvalue weighted by molar-refractivity contribution is -0.137. The highest BCUT2D eigenvalue weighted by Crippen LogP contribution is 2.15. The topological polar surface area (TPSA) is 112 Å². The molecule has 0 saturated heterocycles. The van der Waals surface area contributed by atoms with Gasteiger partial charge in [0.25, 0.3) is 0 Å². The zero-order chi connectivity index (χ0) is 18.9. The van der Waals surface area contributed by atoms with E-state index in [0.717, 1.165) is 5.56 Å². The van der Waals surface area contributed by atoms with Gasteiger partial charge in [-0.2, -0.15) is 0 Å². The highest BCUT2D eigenvalue weighted by molar-refractivity contribution is 5.74. The minimum Gasteiger partial charge on any atom is -0.481 e. The molecule has 0 fully saturated rings. The lowest BCUT2D eigenvalue weighted by Gasteiger charge is -2.19. The zero-order valence-corrected chi connectivity index (χ0v) is 14.6. The molecule has 4 N–H and O–H groups in total. The number of rotatable bonds is 9. The molecule has 0 aliphatic carbocycles. The molecule has 1 aromatic heterocycles. The normalized spacial score (nSPS) is 13.0. The van der Waals surface area contributed by atoms with E-state index >= 15 is 0 Å². The number of nitrogens with one attached hydrogen (secondary N) is 2. The Morgan fingerprint density at radius 1 is 1.15 bits per heavy atom. The summed E-state index contributed by atoms with van der Waals surface area (Å²) < 4.78 is 5.32. The van der Waals surface area contributed by atoms with Crippen LogP contribution in [0.15, 0.2) is 46.9 Å². The summed E-state index contributed by atoms with van der Waals surface area (Å²) in [5.74, 6) is 0.156. The first kappa shape index (κ1) is 19.5. The molecular formula is C19H24N2O5. The Kier molecular flexibility index (Phi) is 7.23. The number of carbonyl (C=O) groups excluding carboxylic acids is 1. The second-order valence-corrected chi connectivity index (χ2v) is 6.14. The monoisotopic (exact) mass is 360 g/mol. The van der Waals surface area contributed by atoms with E-state index in [2.05, 4.69) is 10.6 Å². The van der Waals surface area contributed by atoms with Crippen molar-refractivity contribution in [1.82, 2.24) is 10.6 Å². The van der Waals surface area contributed by atoms with Crippen LogP contribution in [0.1, 0.15) is 36.0 Å². The van der Waals surface area contributed by atoms with Crippen molar-refractivity contribution in [2.24, 2.45) is 0 Å². The molecule has 2 aromatic rings. The Bertz CT molecular complexity index is 714. The number of aryl methyl sites for hydroxylation is 1. The maximum atomic E-state index is 12.1. The van der Waals surface area contributed by atoms with Crippen LogP contribution in [0, 0.1) is 6.92 Å². The molecule has 0 radical (unpaired) electrons. The fourth-order valence-corrected chi connectivity index (χ4v) is 2.58. The van der Waals surface area contributed by atoms with Crippen molar-refractivity contribution < 1.29 is 24.2 Å². The molecular weight excluding hydrogens is 336 g/mol. The Balaban J connectivity index is 1.86. The SMILES string of the molecule is Cc1ccc(C(O)CNC(=O)NC(CCC(=O)O)Cc2ccccc2)o1. The molecule has 0 saturated carbocycles. The molecule has 0 aliphatic heterocycles. The summed E-state index contributed by atoms with van der Waals surface area (Å²) in [5, 5.41) is 24.3. The van der Waals surface area contributed by atoms with Crippen molar-refractivity contribution in [2.75, 3.05) is 6.54 Å². The Morgan fingerprint density at radius 3 is 2.50 bits per heavy atom. The highest BCUT2D eigenvalue weighted by atomic mass is 16.4. The summed E-state index contributed by atoms with van der Waals surface area (Å²) in [7, 11) is 0. The van der Waals surface area contributed by atoms with Gasteiger partial charge >= 0.3 is 12.0 Å². The summed E-state index contributed by atoms with van der Waals surface area (Å²) in [6, 6.07) is 12.2. The van der Waals surface area contributed by atoms with Crippen LogP contribution in [0.4, 0.5) is 4.79 Å². The van der Waals surface area contributed by atoms with E-state index in [-0.39, 0.29) is 19.0 Å². The van der Waals surface area contributed by atoms with Crippen LogP contribution in [-0.2, 0) is 11.2 Å². The minimum atomic E-state index is -0.943. The van der Waals surface area contributed by atoms with Crippen molar-refractivity contribution in [2.45, 2.75) is 38.3 Å². The molecule has 1 heterocycles. The van der Waals surface area contributed by atoms with E-state index in [4.69, 9.17) is 9.52 Å². The lowest BCUT2D eigenvalue weighted by atomic mass is 10.0. The van der Waals surface area contributed by atoms with Crippen molar-refractivity contribution in [1.29, 1.82) is 0 Å².